The molecule has 4 nitrogen and oxygen atoms in total. The maximum absolute atomic E-state index is 5.72. The van der Waals surface area contributed by atoms with Gasteiger partial charge in [-0.1, -0.05) is 31.0 Å². The summed E-state index contributed by atoms with van der Waals surface area (Å²) in [4.78, 5) is 5.16. The van der Waals surface area contributed by atoms with Crippen molar-refractivity contribution in [2.75, 3.05) is 52.4 Å². The van der Waals surface area contributed by atoms with E-state index in [1.807, 2.05) is 30.3 Å². The van der Waals surface area contributed by atoms with Gasteiger partial charge in [0.1, 0.15) is 5.75 Å². The van der Waals surface area contributed by atoms with Crippen LogP contribution in [-0.4, -0.2) is 62.2 Å². The Morgan fingerprint density at radius 1 is 0.792 bits per heavy atom. The van der Waals surface area contributed by atoms with Gasteiger partial charge in [0, 0.05) is 26.2 Å². The molecule has 24 heavy (non-hydrogen) atoms. The molecule has 0 saturated carbocycles. The highest BCUT2D eigenvalue weighted by molar-refractivity contribution is 5.85. The standard InChI is InChI=1S/C19H33N3O.ClH/c20-11-8-13-22-16-14-21(15-17-22)12-6-1-2-7-18-23-19-9-4-3-5-10-19;/h3-5,9-10H,1-2,6-8,11-18,20H2;1H. The van der Waals surface area contributed by atoms with Crippen LogP contribution in [0.2, 0.25) is 0 Å². The van der Waals surface area contributed by atoms with Gasteiger partial charge in [-0.05, 0) is 51.0 Å². The van der Waals surface area contributed by atoms with Crippen LogP contribution in [0.15, 0.2) is 30.3 Å². The lowest BCUT2D eigenvalue weighted by Gasteiger charge is -2.34. The van der Waals surface area contributed by atoms with E-state index in [0.717, 1.165) is 31.7 Å². The van der Waals surface area contributed by atoms with Crippen LogP contribution in [0.1, 0.15) is 32.1 Å². The first-order chi connectivity index (χ1) is 11.4. The van der Waals surface area contributed by atoms with E-state index in [9.17, 15) is 0 Å². The summed E-state index contributed by atoms with van der Waals surface area (Å²) in [6.07, 6.45) is 6.18. The molecule has 0 aromatic heterocycles. The molecule has 1 heterocycles. The molecule has 5 heteroatoms. The summed E-state index contributed by atoms with van der Waals surface area (Å²) >= 11 is 0. The topological polar surface area (TPSA) is 41.7 Å². The summed E-state index contributed by atoms with van der Waals surface area (Å²) in [5.41, 5.74) is 5.58. The first-order valence-electron chi connectivity index (χ1n) is 9.21. The Hall–Kier alpha value is -0.810. The largest absolute Gasteiger partial charge is 0.494 e. The molecule has 0 aliphatic carbocycles. The number of unbranched alkanes of at least 4 members (excludes halogenated alkanes) is 3. The second kappa shape index (κ2) is 13.5. The number of hydrogen-bond acceptors (Lipinski definition) is 4. The summed E-state index contributed by atoms with van der Waals surface area (Å²) in [7, 11) is 0. The van der Waals surface area contributed by atoms with Crippen LogP contribution >= 0.6 is 12.4 Å². The van der Waals surface area contributed by atoms with E-state index in [2.05, 4.69) is 9.80 Å². The average molecular weight is 356 g/mol. The van der Waals surface area contributed by atoms with Crippen molar-refractivity contribution >= 4 is 12.4 Å². The molecule has 138 valence electrons. The highest BCUT2D eigenvalue weighted by Crippen LogP contribution is 2.10. The van der Waals surface area contributed by atoms with E-state index >= 15 is 0 Å². The lowest BCUT2D eigenvalue weighted by Crippen LogP contribution is -2.46. The van der Waals surface area contributed by atoms with Gasteiger partial charge in [0.15, 0.2) is 0 Å². The lowest BCUT2D eigenvalue weighted by molar-refractivity contribution is 0.130. The fraction of sp³-hybridized carbons (Fsp3) is 0.684. The zero-order chi connectivity index (χ0) is 16.2. The molecule has 0 unspecified atom stereocenters. The number of benzene rings is 1. The van der Waals surface area contributed by atoms with Crippen molar-refractivity contribution < 1.29 is 4.74 Å². The third kappa shape index (κ3) is 8.88. The average Bonchev–Trinajstić information content (AvgIpc) is 2.61. The molecule has 2 N–H and O–H groups in total. The van der Waals surface area contributed by atoms with Crippen LogP contribution in [-0.2, 0) is 0 Å². The molecule has 1 saturated heterocycles. The molecule has 1 aromatic rings. The number of para-hydroxylation sites is 1. The van der Waals surface area contributed by atoms with Crippen LogP contribution in [0.4, 0.5) is 0 Å². The molecule has 1 fully saturated rings. The third-order valence-electron chi connectivity index (χ3n) is 4.52. The van der Waals surface area contributed by atoms with Gasteiger partial charge >= 0.3 is 0 Å². The molecular formula is C19H34ClN3O. The van der Waals surface area contributed by atoms with Crippen molar-refractivity contribution in [1.29, 1.82) is 0 Å². The maximum Gasteiger partial charge on any atom is 0.119 e. The van der Waals surface area contributed by atoms with Crippen molar-refractivity contribution in [2.45, 2.75) is 32.1 Å². The Labute approximate surface area is 153 Å². The van der Waals surface area contributed by atoms with E-state index in [4.69, 9.17) is 10.5 Å². The van der Waals surface area contributed by atoms with Crippen molar-refractivity contribution in [1.82, 2.24) is 9.80 Å². The van der Waals surface area contributed by atoms with E-state index in [-0.39, 0.29) is 12.4 Å². The van der Waals surface area contributed by atoms with Crippen LogP contribution in [0.25, 0.3) is 0 Å². The summed E-state index contributed by atoms with van der Waals surface area (Å²) in [5.74, 6) is 0.986. The van der Waals surface area contributed by atoms with Crippen molar-refractivity contribution in [3.63, 3.8) is 0 Å². The third-order valence-corrected chi connectivity index (χ3v) is 4.52. The van der Waals surface area contributed by atoms with Gasteiger partial charge in [-0.2, -0.15) is 0 Å². The monoisotopic (exact) mass is 355 g/mol. The van der Waals surface area contributed by atoms with Gasteiger partial charge in [-0.15, -0.1) is 12.4 Å². The number of halogens is 1. The van der Waals surface area contributed by atoms with E-state index in [1.54, 1.807) is 0 Å². The molecule has 0 amide bonds. The quantitative estimate of drug-likeness (QED) is 0.619. The van der Waals surface area contributed by atoms with Crippen molar-refractivity contribution in [3.8, 4) is 5.75 Å². The van der Waals surface area contributed by atoms with Gasteiger partial charge in [-0.3, -0.25) is 0 Å². The van der Waals surface area contributed by atoms with E-state index in [0.29, 0.717) is 0 Å². The Bertz CT molecular complexity index is 397. The van der Waals surface area contributed by atoms with Crippen molar-refractivity contribution in [2.24, 2.45) is 5.73 Å². The molecule has 0 spiro atoms. The number of hydrogen-bond donors (Lipinski definition) is 1. The zero-order valence-corrected chi connectivity index (χ0v) is 15.7. The molecule has 1 aliphatic rings. The second-order valence-electron chi connectivity index (χ2n) is 6.40. The number of ether oxygens (including phenoxy) is 1. The Balaban J connectivity index is 0.00000288. The fourth-order valence-electron chi connectivity index (χ4n) is 3.05. The van der Waals surface area contributed by atoms with Gasteiger partial charge in [0.2, 0.25) is 0 Å². The molecular weight excluding hydrogens is 322 g/mol. The van der Waals surface area contributed by atoms with E-state index in [1.165, 1.54) is 58.5 Å². The predicted molar refractivity (Wildman–Crippen MR) is 104 cm³/mol. The molecule has 1 aromatic carbocycles. The summed E-state index contributed by atoms with van der Waals surface area (Å²) in [6, 6.07) is 10.1. The number of rotatable bonds is 11. The van der Waals surface area contributed by atoms with E-state index < -0.39 is 0 Å². The smallest absolute Gasteiger partial charge is 0.119 e. The molecule has 2 rings (SSSR count). The summed E-state index contributed by atoms with van der Waals surface area (Å²) in [6.45, 7) is 8.95. The normalized spacial score (nSPS) is 15.9. The molecule has 0 bridgehead atoms. The fourth-order valence-corrected chi connectivity index (χ4v) is 3.05. The number of nitrogens with zero attached hydrogens (tertiary/aromatic N) is 2. The van der Waals surface area contributed by atoms with Gasteiger partial charge in [0.05, 0.1) is 6.61 Å². The van der Waals surface area contributed by atoms with Crippen molar-refractivity contribution in [3.05, 3.63) is 30.3 Å². The van der Waals surface area contributed by atoms with Gasteiger partial charge < -0.3 is 20.3 Å². The zero-order valence-electron chi connectivity index (χ0n) is 14.9. The summed E-state index contributed by atoms with van der Waals surface area (Å²) in [5, 5.41) is 0. The molecule has 0 radical (unpaired) electrons. The minimum absolute atomic E-state index is 0. The van der Waals surface area contributed by atoms with Crippen LogP contribution in [0.5, 0.6) is 5.75 Å². The Morgan fingerprint density at radius 3 is 2.00 bits per heavy atom. The van der Waals surface area contributed by atoms with Crippen LogP contribution in [0.3, 0.4) is 0 Å². The minimum atomic E-state index is 0. The molecule has 0 atom stereocenters. The van der Waals surface area contributed by atoms with Gasteiger partial charge in [-0.25, -0.2) is 0 Å². The second-order valence-corrected chi connectivity index (χ2v) is 6.40. The van der Waals surface area contributed by atoms with Crippen LogP contribution in [0, 0.1) is 0 Å². The highest BCUT2D eigenvalue weighted by atomic mass is 35.5. The predicted octanol–water partition coefficient (Wildman–Crippen LogP) is 3.01. The Morgan fingerprint density at radius 2 is 1.38 bits per heavy atom. The van der Waals surface area contributed by atoms with Gasteiger partial charge in [0.25, 0.3) is 0 Å². The summed E-state index contributed by atoms with van der Waals surface area (Å²) < 4.78 is 5.72. The maximum atomic E-state index is 5.72. The minimum Gasteiger partial charge on any atom is -0.494 e. The molecule has 1 aliphatic heterocycles. The first-order valence-corrected chi connectivity index (χ1v) is 9.21. The highest BCUT2D eigenvalue weighted by Gasteiger charge is 2.15. The number of piperazine rings is 1. The SMILES string of the molecule is Cl.NCCCN1CCN(CCCCCCOc2ccccc2)CC1. The lowest BCUT2D eigenvalue weighted by atomic mass is 10.2. The van der Waals surface area contributed by atoms with Crippen LogP contribution < -0.4 is 10.5 Å². The Kier molecular flexibility index (Phi) is 11.9. The number of nitrogens with two attached hydrogens (primary N) is 1. The first kappa shape index (κ1) is 21.2.